The number of nitrogens with zero attached hydrogens (tertiary/aromatic N) is 4. The highest BCUT2D eigenvalue weighted by molar-refractivity contribution is 8.26. The molecule has 3 heterocycles. The molecule has 2 aliphatic heterocycles. The minimum Gasteiger partial charge on any atom is -0.491 e. The quantitative estimate of drug-likeness (QED) is 0.548. The van der Waals surface area contributed by atoms with Gasteiger partial charge in [0.25, 0.3) is 5.91 Å². The van der Waals surface area contributed by atoms with Crippen molar-refractivity contribution in [1.82, 2.24) is 9.58 Å². The van der Waals surface area contributed by atoms with Gasteiger partial charge in [-0.15, -0.1) is 0 Å². The minimum absolute atomic E-state index is 0.0459. The van der Waals surface area contributed by atoms with Gasteiger partial charge in [-0.1, -0.05) is 36.4 Å². The summed E-state index contributed by atoms with van der Waals surface area (Å²) in [7, 11) is 0. The summed E-state index contributed by atoms with van der Waals surface area (Å²) in [6, 6.07) is 14.2. The lowest BCUT2D eigenvalue weighted by Crippen LogP contribution is -2.35. The van der Waals surface area contributed by atoms with Crippen LogP contribution in [-0.4, -0.2) is 38.1 Å². The van der Waals surface area contributed by atoms with E-state index in [1.807, 2.05) is 69.4 Å². The van der Waals surface area contributed by atoms with Gasteiger partial charge in [0.05, 0.1) is 17.2 Å². The van der Waals surface area contributed by atoms with E-state index < -0.39 is 5.91 Å². The second kappa shape index (κ2) is 8.37. The molecule has 0 spiro atoms. The van der Waals surface area contributed by atoms with E-state index in [1.54, 1.807) is 6.08 Å². The molecule has 5 rings (SSSR count). The normalized spacial score (nSPS) is 16.9. The number of aromatic nitrogens is 1. The number of para-hydroxylation sites is 2. The van der Waals surface area contributed by atoms with E-state index in [4.69, 9.17) is 10.1 Å². The summed E-state index contributed by atoms with van der Waals surface area (Å²) < 4.78 is 8.23. The van der Waals surface area contributed by atoms with Crippen molar-refractivity contribution in [2.45, 2.75) is 27.3 Å². The first kappa shape index (κ1) is 21.2. The number of aliphatic imine (C=N–C) groups is 1. The van der Waals surface area contributed by atoms with Crippen molar-refractivity contribution >= 4 is 50.7 Å². The van der Waals surface area contributed by atoms with Gasteiger partial charge in [0.15, 0.2) is 5.84 Å². The molecule has 0 atom stereocenters. The summed E-state index contributed by atoms with van der Waals surface area (Å²) in [5.41, 5.74) is 4.36. The van der Waals surface area contributed by atoms with E-state index in [1.165, 1.54) is 16.8 Å². The van der Waals surface area contributed by atoms with Crippen LogP contribution in [0.1, 0.15) is 23.6 Å². The molecule has 0 unspecified atom stereocenters. The standard InChI is InChI=1S/C25H23N5O2S/c1-15-7-6-8-16(2)22(15)32-12-11-29-14-18(19-9-4-5-10-21(19)29)13-20-23(26)30-25(27-24(20)31)33-17(3)28-30/h4-10,13-14,26H,11-12H2,1-3H3. The topological polar surface area (TPSA) is 83.0 Å². The number of carbonyl (C=O) groups excluding carboxylic acids is 1. The van der Waals surface area contributed by atoms with Crippen LogP contribution in [0.2, 0.25) is 0 Å². The molecule has 3 aromatic rings. The largest absolute Gasteiger partial charge is 0.491 e. The van der Waals surface area contributed by atoms with E-state index in [9.17, 15) is 4.79 Å². The maximum atomic E-state index is 12.7. The molecule has 7 nitrogen and oxygen atoms in total. The van der Waals surface area contributed by atoms with Crippen molar-refractivity contribution < 1.29 is 9.53 Å². The summed E-state index contributed by atoms with van der Waals surface area (Å²) in [5, 5.41) is 16.4. The maximum absolute atomic E-state index is 12.7. The summed E-state index contributed by atoms with van der Waals surface area (Å²) >= 11 is 1.30. The molecule has 0 bridgehead atoms. The lowest BCUT2D eigenvalue weighted by molar-refractivity contribution is -0.114. The zero-order chi connectivity index (χ0) is 23.1. The summed E-state index contributed by atoms with van der Waals surface area (Å²) in [6.07, 6.45) is 3.74. The van der Waals surface area contributed by atoms with Gasteiger partial charge in [-0.05, 0) is 55.8 Å². The fourth-order valence-electron chi connectivity index (χ4n) is 4.09. The Morgan fingerprint density at radius 1 is 1.09 bits per heavy atom. The highest BCUT2D eigenvalue weighted by Gasteiger charge is 2.34. The molecule has 1 amide bonds. The maximum Gasteiger partial charge on any atom is 0.283 e. The molecule has 0 aliphatic carbocycles. The lowest BCUT2D eigenvalue weighted by Gasteiger charge is -2.20. The third-order valence-electron chi connectivity index (χ3n) is 5.66. The van der Waals surface area contributed by atoms with Crippen LogP contribution >= 0.6 is 11.8 Å². The number of ether oxygens (including phenoxy) is 1. The number of amidine groups is 2. The number of benzene rings is 2. The first-order chi connectivity index (χ1) is 15.9. The fraction of sp³-hybridized carbons (Fsp3) is 0.200. The third-order valence-corrected chi connectivity index (χ3v) is 6.49. The fourth-order valence-corrected chi connectivity index (χ4v) is 4.83. The monoisotopic (exact) mass is 457 g/mol. The van der Waals surface area contributed by atoms with Gasteiger partial charge in [0.2, 0.25) is 5.17 Å². The first-order valence-electron chi connectivity index (χ1n) is 10.7. The Kier molecular flexibility index (Phi) is 5.38. The number of amides is 1. The molecule has 166 valence electrons. The van der Waals surface area contributed by atoms with Gasteiger partial charge >= 0.3 is 0 Å². The number of fused-ring (bicyclic) bond motifs is 2. The van der Waals surface area contributed by atoms with Gasteiger partial charge in [0.1, 0.15) is 12.4 Å². The van der Waals surface area contributed by atoms with Crippen molar-refractivity contribution in [2.24, 2.45) is 10.1 Å². The Bertz CT molecular complexity index is 1380. The summed E-state index contributed by atoms with van der Waals surface area (Å²) in [6.45, 7) is 7.10. The van der Waals surface area contributed by atoms with E-state index >= 15 is 0 Å². The van der Waals surface area contributed by atoms with Crippen LogP contribution in [0.5, 0.6) is 5.75 Å². The van der Waals surface area contributed by atoms with Crippen LogP contribution in [0.25, 0.3) is 17.0 Å². The lowest BCUT2D eigenvalue weighted by atomic mass is 10.1. The molecule has 8 heteroatoms. The number of aryl methyl sites for hydroxylation is 2. The zero-order valence-electron chi connectivity index (χ0n) is 18.6. The predicted octanol–water partition coefficient (Wildman–Crippen LogP) is 4.98. The Hall–Kier alpha value is -3.65. The SMILES string of the molecule is CC1=NN2C(=N)C(=Cc3cn(CCOc4c(C)cccc4C)c4ccccc34)C(=O)N=C2S1. The number of thioether (sulfide) groups is 1. The number of carbonyl (C=O) groups is 1. The van der Waals surface area contributed by atoms with E-state index in [2.05, 4.69) is 14.7 Å². The number of hydrogen-bond donors (Lipinski definition) is 1. The Morgan fingerprint density at radius 3 is 2.64 bits per heavy atom. The number of rotatable bonds is 5. The van der Waals surface area contributed by atoms with Crippen LogP contribution < -0.4 is 4.74 Å². The summed E-state index contributed by atoms with van der Waals surface area (Å²) in [4.78, 5) is 16.8. The van der Waals surface area contributed by atoms with Gasteiger partial charge in [0, 0.05) is 22.7 Å². The smallest absolute Gasteiger partial charge is 0.283 e. The Balaban J connectivity index is 1.45. The van der Waals surface area contributed by atoms with Gasteiger partial charge in [-0.25, -0.2) is 0 Å². The average Bonchev–Trinajstić information content (AvgIpc) is 3.33. The predicted molar refractivity (Wildman–Crippen MR) is 134 cm³/mol. The Morgan fingerprint density at radius 2 is 1.85 bits per heavy atom. The van der Waals surface area contributed by atoms with Crippen molar-refractivity contribution in [3.05, 3.63) is 70.9 Å². The second-order valence-corrected chi connectivity index (χ2v) is 9.16. The molecule has 1 N–H and O–H groups in total. The number of hydrogen-bond acceptors (Lipinski definition) is 5. The number of nitrogens with one attached hydrogen (secondary N) is 1. The highest BCUT2D eigenvalue weighted by atomic mass is 32.2. The molecule has 0 radical (unpaired) electrons. The molecular weight excluding hydrogens is 434 g/mol. The molecule has 0 saturated carbocycles. The minimum atomic E-state index is -0.418. The summed E-state index contributed by atoms with van der Waals surface area (Å²) in [5.74, 6) is 0.550. The van der Waals surface area contributed by atoms with Gasteiger partial charge < -0.3 is 9.30 Å². The third kappa shape index (κ3) is 3.87. The molecule has 0 saturated heterocycles. The molecule has 2 aliphatic rings. The van der Waals surface area contributed by atoms with Crippen molar-refractivity contribution in [3.8, 4) is 5.75 Å². The van der Waals surface area contributed by atoms with E-state index in [-0.39, 0.29) is 11.4 Å². The molecular formula is C25H23N5O2S. The van der Waals surface area contributed by atoms with Crippen molar-refractivity contribution in [1.29, 1.82) is 5.41 Å². The average molecular weight is 458 g/mol. The van der Waals surface area contributed by atoms with Crippen LogP contribution in [0, 0.1) is 19.3 Å². The molecule has 2 aromatic carbocycles. The van der Waals surface area contributed by atoms with E-state index in [0.717, 1.165) is 38.4 Å². The Labute approximate surface area is 196 Å². The molecule has 0 fully saturated rings. The highest BCUT2D eigenvalue weighted by Crippen LogP contribution is 2.30. The van der Waals surface area contributed by atoms with Crippen LogP contribution in [0.4, 0.5) is 0 Å². The van der Waals surface area contributed by atoms with E-state index in [0.29, 0.717) is 18.3 Å². The van der Waals surface area contributed by atoms with Gasteiger partial charge in [-0.2, -0.15) is 15.1 Å². The first-order valence-corrected chi connectivity index (χ1v) is 11.5. The molecule has 1 aromatic heterocycles. The molecule has 33 heavy (non-hydrogen) atoms. The zero-order valence-corrected chi connectivity index (χ0v) is 19.4. The van der Waals surface area contributed by atoms with Gasteiger partial charge in [-0.3, -0.25) is 10.2 Å². The van der Waals surface area contributed by atoms with Crippen molar-refractivity contribution in [2.75, 3.05) is 6.61 Å². The van der Waals surface area contributed by atoms with Crippen LogP contribution in [0.3, 0.4) is 0 Å². The number of hydrazone groups is 1. The van der Waals surface area contributed by atoms with Crippen LogP contribution in [0.15, 0.2) is 64.3 Å². The second-order valence-electron chi connectivity index (χ2n) is 8.00. The van der Waals surface area contributed by atoms with Crippen LogP contribution in [-0.2, 0) is 11.3 Å². The van der Waals surface area contributed by atoms with Crippen molar-refractivity contribution in [3.63, 3.8) is 0 Å².